The van der Waals surface area contributed by atoms with Gasteiger partial charge in [0.25, 0.3) is 17.7 Å². The standard InChI is InChI=1S/C30H34Cl2N4O2.C27H30Cl2N4O2.C27H29Cl2N3O.C26H32ClFN2O.H2/c1-20(37)34-18-25-19-36(12-8-22(25)15-21-4-6-27(31)28(32)16-21)26-9-13-35(14-10-26)30(38)24-5-7-29-23(17-24)3-2-11-33-29;1-35-25-17-33(12-8-20(25)15-18-4-6-22(28)23(29)16-18)21-9-13-32(14-10-21)27(34)24-7-5-19-3-2-11-30-26(19)31-24;28-24-6-5-20(18-25(24)29)17-19-8-13-31(14-9-19)21-10-15-32(16-11-21)27(33)23-7-12-30-26-4-2-1-3-22(23)26;1-19-4-2-3-5-22(19)17-26(31)30-12-8-25(9-13-30)29-10-6-20(7-11-29)14-21-15-23(27)18-24(28)16-21;/h2-7,11,16-17,22,25-26H,8-10,12-15,18-19H2,1H3,(H,34,37);2-7,11,16,20-21,25H,8-10,12-15,17H2,1H3;1-7,12,18-19,21H,8-11,13-17H2;2-5,15-16,18,20,25H,6-14,17H2,1H3;1H/t22-,25-;20-,25-;;;/m11.../s1. The second-order valence-corrected chi connectivity index (χ2v) is 41.6. The molecule has 8 aliphatic heterocycles. The van der Waals surface area contributed by atoms with E-state index in [0.717, 1.165) is 257 Å². The van der Waals surface area contributed by atoms with Gasteiger partial charge in [-0.2, -0.15) is 0 Å². The Balaban J connectivity index is 0.000000140. The number of amides is 5. The van der Waals surface area contributed by atoms with Gasteiger partial charge in [-0.25, -0.2) is 14.4 Å². The van der Waals surface area contributed by atoms with Crippen LogP contribution in [-0.2, 0) is 46.4 Å². The molecule has 4 atom stereocenters. The SMILES string of the molecule is CC(=O)NC[C@@H]1CN(C2CCN(C(=O)c3ccc4ncccc4c3)CC2)CC[C@@H]1Cc1ccc(Cl)c(Cl)c1.CO[C@@H]1CN(C2CCN(C(=O)c3ccc4cccnc4n3)CC2)CC[C@@H]1Cc1ccc(Cl)c(Cl)c1.Cc1ccccc1CC(=O)N1CCC(N2CCC(Cc3cc(F)cc(Cl)c3)CC2)CC1.O=C(c1ccnc2ccccc12)N1CCC(N2CCC(Cc3ccc(Cl)c(Cl)c3)CC2)CC1.[HH]. The van der Waals surface area contributed by atoms with Gasteiger partial charge in [-0.05, 0) is 340 Å². The van der Waals surface area contributed by atoms with E-state index in [-0.39, 0.29) is 42.9 Å². The molecule has 8 fully saturated rings. The monoisotopic (exact) mass is 1990 g/mol. The van der Waals surface area contributed by atoms with Crippen molar-refractivity contribution < 1.29 is 34.5 Å². The van der Waals surface area contributed by atoms with Crippen LogP contribution < -0.4 is 5.32 Å². The molecule has 11 aromatic rings. The molecule has 0 saturated carbocycles. The molecule has 0 aliphatic carbocycles. The van der Waals surface area contributed by atoms with E-state index in [1.54, 1.807) is 37.6 Å². The third kappa shape index (κ3) is 27.0. The molecule has 0 bridgehead atoms. The molecule has 0 unspecified atom stereocenters. The van der Waals surface area contributed by atoms with Crippen molar-refractivity contribution in [1.29, 1.82) is 0 Å². The number of hydrogen-bond donors (Lipinski definition) is 1. The van der Waals surface area contributed by atoms with E-state index < -0.39 is 0 Å². The fourth-order valence-corrected chi connectivity index (χ4v) is 23.2. The molecule has 4 aromatic heterocycles. The summed E-state index contributed by atoms with van der Waals surface area (Å²) in [6.45, 7) is 19.1. The smallest absolute Gasteiger partial charge is 0.272 e. The van der Waals surface area contributed by atoms with Gasteiger partial charge in [-0.15, -0.1) is 0 Å². The van der Waals surface area contributed by atoms with E-state index in [0.29, 0.717) is 113 Å². The van der Waals surface area contributed by atoms with Crippen LogP contribution in [0.1, 0.15) is 163 Å². The molecule has 8 aliphatic rings. The number of rotatable bonds is 20. The van der Waals surface area contributed by atoms with Gasteiger partial charge in [-0.1, -0.05) is 148 Å². The number of ether oxygens (including phenoxy) is 1. The molecule has 724 valence electrons. The summed E-state index contributed by atoms with van der Waals surface area (Å²) in [6.07, 6.45) is 24.6. The molecule has 137 heavy (non-hydrogen) atoms. The predicted molar refractivity (Wildman–Crippen MR) is 553 cm³/mol. The predicted octanol–water partition coefficient (Wildman–Crippen LogP) is 22.2. The van der Waals surface area contributed by atoms with Crippen LogP contribution in [0.15, 0.2) is 201 Å². The Bertz CT molecular complexity index is 5960. The molecule has 19 nitrogen and oxygen atoms in total. The first-order valence-corrected chi connectivity index (χ1v) is 51.7. The van der Waals surface area contributed by atoms with E-state index in [1.165, 1.54) is 41.2 Å². The fraction of sp³-hybridized carbons (Fsp3) is 0.445. The average molecular weight is 1990 g/mol. The number of pyridine rings is 4. The summed E-state index contributed by atoms with van der Waals surface area (Å²) in [5.74, 6) is 2.77. The minimum atomic E-state index is -0.247. The third-order valence-electron chi connectivity index (χ3n) is 29.9. The first-order valence-electron chi connectivity index (χ1n) is 49.1. The van der Waals surface area contributed by atoms with Gasteiger partial charge in [0, 0.05) is 157 Å². The Hall–Kier alpha value is -8.97. The lowest BCUT2D eigenvalue weighted by atomic mass is 9.80. The molecule has 0 radical (unpaired) electrons. The van der Waals surface area contributed by atoms with Gasteiger partial charge in [-0.3, -0.25) is 43.7 Å². The van der Waals surface area contributed by atoms with Crippen LogP contribution in [-0.4, -0.2) is 237 Å². The largest absolute Gasteiger partial charge is 0.380 e. The van der Waals surface area contributed by atoms with Gasteiger partial charge in [0.15, 0.2) is 5.65 Å². The Morgan fingerprint density at radius 3 is 1.50 bits per heavy atom. The van der Waals surface area contributed by atoms with Crippen molar-refractivity contribution in [2.24, 2.45) is 29.6 Å². The molecule has 27 heteroatoms. The molecule has 12 heterocycles. The van der Waals surface area contributed by atoms with E-state index in [4.69, 9.17) is 85.9 Å². The van der Waals surface area contributed by atoms with Crippen LogP contribution in [0.4, 0.5) is 4.39 Å². The number of carbonyl (C=O) groups excluding carboxylic acids is 5. The van der Waals surface area contributed by atoms with Gasteiger partial charge in [0.2, 0.25) is 11.8 Å². The van der Waals surface area contributed by atoms with Crippen molar-refractivity contribution in [3.8, 4) is 0 Å². The number of piperidine rings is 8. The summed E-state index contributed by atoms with van der Waals surface area (Å²) < 4.78 is 19.5. The van der Waals surface area contributed by atoms with Crippen molar-refractivity contribution in [1.82, 2.24) is 64.5 Å². The average Bonchev–Trinajstić information content (AvgIpc) is 0.797. The minimum Gasteiger partial charge on any atom is -0.380 e. The molecular formula is C110H127Cl7FN13O6. The number of likely N-dealkylation sites (tertiary alicyclic amines) is 8. The summed E-state index contributed by atoms with van der Waals surface area (Å²) in [7, 11) is 1.81. The minimum absolute atomic E-state index is 0. The number of halogens is 8. The number of aromatic nitrogens is 4. The van der Waals surface area contributed by atoms with Gasteiger partial charge in [0.1, 0.15) is 11.5 Å². The molecule has 1 N–H and O–H groups in total. The van der Waals surface area contributed by atoms with Crippen LogP contribution in [0.3, 0.4) is 0 Å². The Morgan fingerprint density at radius 1 is 0.416 bits per heavy atom. The van der Waals surface area contributed by atoms with Gasteiger partial charge >= 0.3 is 0 Å². The van der Waals surface area contributed by atoms with E-state index in [2.05, 4.69) is 82.1 Å². The molecule has 5 amide bonds. The molecule has 7 aromatic carbocycles. The molecule has 8 saturated heterocycles. The van der Waals surface area contributed by atoms with Crippen molar-refractivity contribution >= 4 is 144 Å². The summed E-state index contributed by atoms with van der Waals surface area (Å²) in [5.41, 5.74) is 11.3. The second-order valence-electron chi connectivity index (χ2n) is 38.7. The van der Waals surface area contributed by atoms with Gasteiger partial charge in [0.05, 0.1) is 59.3 Å². The first-order chi connectivity index (χ1) is 66.4. The Kier molecular flexibility index (Phi) is 35.7. The quantitative estimate of drug-likeness (QED) is 0.0760. The van der Waals surface area contributed by atoms with Crippen molar-refractivity contribution in [2.75, 3.05) is 118 Å². The summed E-state index contributed by atoms with van der Waals surface area (Å²) in [6, 6.07) is 59.8. The van der Waals surface area contributed by atoms with Crippen LogP contribution in [0.25, 0.3) is 32.8 Å². The number of nitrogens with zero attached hydrogens (tertiary/aromatic N) is 12. The number of carbonyl (C=O) groups is 5. The van der Waals surface area contributed by atoms with E-state index in [1.807, 2.05) is 160 Å². The first kappa shape index (κ1) is 101. The molecular weight excluding hydrogens is 1870 g/mol. The Labute approximate surface area is 842 Å². The zero-order valence-corrected chi connectivity index (χ0v) is 83.9. The highest BCUT2D eigenvalue weighted by molar-refractivity contribution is 6.43. The van der Waals surface area contributed by atoms with Crippen molar-refractivity contribution in [3.63, 3.8) is 0 Å². The van der Waals surface area contributed by atoms with Crippen LogP contribution in [0.2, 0.25) is 35.2 Å². The fourth-order valence-electron chi connectivity index (χ4n) is 22.0. The maximum atomic E-state index is 13.6. The normalized spacial score (nSPS) is 20.2. The van der Waals surface area contributed by atoms with E-state index >= 15 is 0 Å². The summed E-state index contributed by atoms with van der Waals surface area (Å²) >= 11 is 42.9. The Morgan fingerprint density at radius 2 is 0.920 bits per heavy atom. The zero-order chi connectivity index (χ0) is 95.6. The maximum Gasteiger partial charge on any atom is 0.272 e. The number of benzene rings is 7. The van der Waals surface area contributed by atoms with Crippen molar-refractivity contribution in [2.45, 2.75) is 166 Å². The number of para-hydroxylation sites is 1. The molecule has 19 rings (SSSR count). The summed E-state index contributed by atoms with van der Waals surface area (Å²) in [5, 5.41) is 10.0. The highest BCUT2D eigenvalue weighted by Gasteiger charge is 2.39. The number of methoxy groups -OCH3 is 1. The van der Waals surface area contributed by atoms with Crippen LogP contribution in [0.5, 0.6) is 0 Å². The lowest BCUT2D eigenvalue weighted by Gasteiger charge is -2.45. The molecule has 0 spiro atoms. The summed E-state index contributed by atoms with van der Waals surface area (Å²) in [4.78, 5) is 99.9. The van der Waals surface area contributed by atoms with Crippen LogP contribution in [0, 0.1) is 42.3 Å². The highest BCUT2D eigenvalue weighted by atomic mass is 35.5. The van der Waals surface area contributed by atoms with Gasteiger partial charge < -0.3 is 39.5 Å². The van der Waals surface area contributed by atoms with E-state index in [9.17, 15) is 28.4 Å². The third-order valence-corrected chi connectivity index (χ3v) is 32.4. The lowest BCUT2D eigenvalue weighted by molar-refractivity contribution is -0.132. The number of aryl methyl sites for hydroxylation is 1. The van der Waals surface area contributed by atoms with Crippen molar-refractivity contribution in [3.05, 3.63) is 292 Å². The van der Waals surface area contributed by atoms with Crippen LogP contribution >= 0.6 is 81.2 Å². The highest BCUT2D eigenvalue weighted by Crippen LogP contribution is 2.38. The lowest BCUT2D eigenvalue weighted by Crippen LogP contribution is -2.53. The number of fused-ring (bicyclic) bond motifs is 3. The topological polar surface area (TPSA) is 184 Å². The number of hydrogen-bond acceptors (Lipinski definition) is 14. The maximum absolute atomic E-state index is 13.6. The number of nitrogens with one attached hydrogen (secondary N) is 1. The second kappa shape index (κ2) is 48.5. The zero-order valence-electron chi connectivity index (χ0n) is 78.6.